The third-order valence-corrected chi connectivity index (χ3v) is 4.34. The minimum Gasteiger partial charge on any atom is -0.497 e. The predicted molar refractivity (Wildman–Crippen MR) is 103 cm³/mol. The monoisotopic (exact) mass is 344 g/mol. The summed E-state index contributed by atoms with van der Waals surface area (Å²) in [6, 6.07) is 12.5. The van der Waals surface area contributed by atoms with Gasteiger partial charge in [-0.05, 0) is 55.6 Å². The molecule has 0 saturated heterocycles. The number of aliphatic hydroxyl groups is 1. The van der Waals surface area contributed by atoms with Crippen LogP contribution in [0.4, 0.5) is 0 Å². The van der Waals surface area contributed by atoms with Crippen molar-refractivity contribution in [2.75, 3.05) is 20.2 Å². The molecule has 2 aromatic rings. The smallest absolute Gasteiger partial charge is 0.119 e. The molecule has 1 N–H and O–H groups in total. The molecule has 1 aromatic carbocycles. The molecule has 4 nitrogen and oxygen atoms in total. The standard InChI is InChI=1S/C21H32N2O2/c1-17(2)10-12-22(14-18(3)24)16-20-8-6-11-23(20)15-19-7-5-9-21(13-19)25-4/h5-9,11,13,17-18,24H,10,12,14-16H2,1-4H3. The Balaban J connectivity index is 2.07. The van der Waals surface area contributed by atoms with E-state index in [-0.39, 0.29) is 6.10 Å². The van der Waals surface area contributed by atoms with Crippen LogP contribution < -0.4 is 4.74 Å². The summed E-state index contributed by atoms with van der Waals surface area (Å²) in [6.07, 6.45) is 2.95. The second-order valence-electron chi connectivity index (χ2n) is 7.25. The fourth-order valence-electron chi connectivity index (χ4n) is 2.99. The molecule has 0 aliphatic carbocycles. The SMILES string of the molecule is COc1cccc(Cn2cccc2CN(CCC(C)C)CC(C)O)c1. The Morgan fingerprint density at radius 3 is 2.64 bits per heavy atom. The molecule has 0 saturated carbocycles. The third kappa shape index (κ3) is 6.56. The highest BCUT2D eigenvalue weighted by Crippen LogP contribution is 2.16. The number of aromatic nitrogens is 1. The topological polar surface area (TPSA) is 37.6 Å². The van der Waals surface area contributed by atoms with E-state index in [1.54, 1.807) is 7.11 Å². The molecule has 0 fully saturated rings. The molecule has 0 aliphatic heterocycles. The first-order valence-electron chi connectivity index (χ1n) is 9.15. The summed E-state index contributed by atoms with van der Waals surface area (Å²) in [5.41, 5.74) is 2.49. The van der Waals surface area contributed by atoms with Crippen molar-refractivity contribution >= 4 is 0 Å². The molecule has 1 aromatic heterocycles. The Labute approximate surface area is 152 Å². The fourth-order valence-corrected chi connectivity index (χ4v) is 2.99. The van der Waals surface area contributed by atoms with Crippen LogP contribution in [0.2, 0.25) is 0 Å². The second kappa shape index (κ2) is 9.64. The van der Waals surface area contributed by atoms with Gasteiger partial charge < -0.3 is 14.4 Å². The van der Waals surface area contributed by atoms with E-state index in [0.29, 0.717) is 12.5 Å². The van der Waals surface area contributed by atoms with Crippen molar-refractivity contribution in [3.63, 3.8) is 0 Å². The van der Waals surface area contributed by atoms with Gasteiger partial charge >= 0.3 is 0 Å². The highest BCUT2D eigenvalue weighted by atomic mass is 16.5. The van der Waals surface area contributed by atoms with Crippen LogP contribution >= 0.6 is 0 Å². The molecule has 0 radical (unpaired) electrons. The molecule has 1 atom stereocenters. The molecule has 0 bridgehead atoms. The normalized spacial score (nSPS) is 12.8. The maximum atomic E-state index is 9.82. The Morgan fingerprint density at radius 1 is 1.16 bits per heavy atom. The number of rotatable bonds is 10. The minimum absolute atomic E-state index is 0.311. The summed E-state index contributed by atoms with van der Waals surface area (Å²) in [7, 11) is 1.70. The first-order chi connectivity index (χ1) is 12.0. The predicted octanol–water partition coefficient (Wildman–Crippen LogP) is 3.77. The average Bonchev–Trinajstić information content (AvgIpc) is 2.99. The maximum Gasteiger partial charge on any atom is 0.119 e. The van der Waals surface area contributed by atoms with Crippen LogP contribution in [0.5, 0.6) is 5.75 Å². The third-order valence-electron chi connectivity index (χ3n) is 4.34. The van der Waals surface area contributed by atoms with Gasteiger partial charge in [0.2, 0.25) is 0 Å². The molecule has 1 unspecified atom stereocenters. The Hall–Kier alpha value is -1.78. The molecular formula is C21H32N2O2. The van der Waals surface area contributed by atoms with Crippen molar-refractivity contribution in [1.29, 1.82) is 0 Å². The van der Waals surface area contributed by atoms with Crippen molar-refractivity contribution in [2.24, 2.45) is 5.92 Å². The number of hydrogen-bond acceptors (Lipinski definition) is 3. The van der Waals surface area contributed by atoms with Gasteiger partial charge in [0.25, 0.3) is 0 Å². The number of methoxy groups -OCH3 is 1. The van der Waals surface area contributed by atoms with Crippen molar-refractivity contribution in [3.8, 4) is 5.75 Å². The van der Waals surface area contributed by atoms with E-state index in [2.05, 4.69) is 53.8 Å². The van der Waals surface area contributed by atoms with Crippen molar-refractivity contribution < 1.29 is 9.84 Å². The second-order valence-corrected chi connectivity index (χ2v) is 7.25. The van der Waals surface area contributed by atoms with Crippen LogP contribution in [0.1, 0.15) is 38.4 Å². The van der Waals surface area contributed by atoms with Crippen LogP contribution in [-0.2, 0) is 13.1 Å². The zero-order valence-electron chi connectivity index (χ0n) is 16.0. The van der Waals surface area contributed by atoms with Gasteiger partial charge in [-0.3, -0.25) is 4.90 Å². The quantitative estimate of drug-likeness (QED) is 0.713. The van der Waals surface area contributed by atoms with E-state index in [0.717, 1.165) is 31.8 Å². The highest BCUT2D eigenvalue weighted by Gasteiger charge is 2.12. The lowest BCUT2D eigenvalue weighted by atomic mass is 10.1. The van der Waals surface area contributed by atoms with Crippen LogP contribution in [-0.4, -0.2) is 40.9 Å². The number of nitrogens with zero attached hydrogens (tertiary/aromatic N) is 2. The van der Waals surface area contributed by atoms with E-state index in [1.807, 2.05) is 19.1 Å². The Kier molecular flexibility index (Phi) is 7.53. The molecule has 0 spiro atoms. The van der Waals surface area contributed by atoms with Crippen molar-refractivity contribution in [2.45, 2.75) is 46.4 Å². The van der Waals surface area contributed by atoms with Gasteiger partial charge in [0.15, 0.2) is 0 Å². The van der Waals surface area contributed by atoms with Gasteiger partial charge in [-0.25, -0.2) is 0 Å². The zero-order valence-corrected chi connectivity index (χ0v) is 16.0. The van der Waals surface area contributed by atoms with Gasteiger partial charge in [0.1, 0.15) is 5.75 Å². The molecule has 4 heteroatoms. The summed E-state index contributed by atoms with van der Waals surface area (Å²) < 4.78 is 7.60. The molecule has 2 rings (SSSR count). The van der Waals surface area contributed by atoms with Crippen molar-refractivity contribution in [1.82, 2.24) is 9.47 Å². The minimum atomic E-state index is -0.311. The number of hydrogen-bond donors (Lipinski definition) is 1. The van der Waals surface area contributed by atoms with Gasteiger partial charge in [-0.2, -0.15) is 0 Å². The highest BCUT2D eigenvalue weighted by molar-refractivity contribution is 5.29. The first-order valence-corrected chi connectivity index (χ1v) is 9.15. The lowest BCUT2D eigenvalue weighted by molar-refractivity contribution is 0.117. The van der Waals surface area contributed by atoms with Crippen LogP contribution in [0.25, 0.3) is 0 Å². The molecule has 1 heterocycles. The Morgan fingerprint density at radius 2 is 1.96 bits per heavy atom. The zero-order chi connectivity index (χ0) is 18.2. The summed E-state index contributed by atoms with van der Waals surface area (Å²) in [5.74, 6) is 1.55. The Bertz CT molecular complexity index is 634. The van der Waals surface area contributed by atoms with E-state index >= 15 is 0 Å². The van der Waals surface area contributed by atoms with Gasteiger partial charge in [0.05, 0.1) is 13.2 Å². The molecule has 138 valence electrons. The first kappa shape index (κ1) is 19.5. The summed E-state index contributed by atoms with van der Waals surface area (Å²) in [6.45, 7) is 9.74. The fraction of sp³-hybridized carbons (Fsp3) is 0.524. The summed E-state index contributed by atoms with van der Waals surface area (Å²) in [4.78, 5) is 2.35. The lowest BCUT2D eigenvalue weighted by Gasteiger charge is -2.25. The van der Waals surface area contributed by atoms with Crippen molar-refractivity contribution in [3.05, 3.63) is 53.9 Å². The molecule has 25 heavy (non-hydrogen) atoms. The number of aliphatic hydroxyl groups excluding tert-OH is 1. The van der Waals surface area contributed by atoms with Crippen LogP contribution in [0, 0.1) is 5.92 Å². The van der Waals surface area contributed by atoms with Gasteiger partial charge in [0, 0.05) is 31.5 Å². The molecular weight excluding hydrogens is 312 g/mol. The molecule has 0 amide bonds. The average molecular weight is 344 g/mol. The maximum absolute atomic E-state index is 9.82. The molecule has 0 aliphatic rings. The van der Waals surface area contributed by atoms with Gasteiger partial charge in [-0.1, -0.05) is 26.0 Å². The summed E-state index contributed by atoms with van der Waals surface area (Å²) >= 11 is 0. The van der Waals surface area contributed by atoms with E-state index in [1.165, 1.54) is 11.3 Å². The largest absolute Gasteiger partial charge is 0.497 e. The lowest BCUT2D eigenvalue weighted by Crippen LogP contribution is -2.32. The van der Waals surface area contributed by atoms with E-state index in [4.69, 9.17) is 4.74 Å². The van der Waals surface area contributed by atoms with Gasteiger partial charge in [-0.15, -0.1) is 0 Å². The van der Waals surface area contributed by atoms with Crippen LogP contribution in [0.15, 0.2) is 42.6 Å². The number of benzene rings is 1. The number of ether oxygens (including phenoxy) is 1. The van der Waals surface area contributed by atoms with Crippen LogP contribution in [0.3, 0.4) is 0 Å². The van der Waals surface area contributed by atoms with E-state index < -0.39 is 0 Å². The van der Waals surface area contributed by atoms with E-state index in [9.17, 15) is 5.11 Å². The summed E-state index contributed by atoms with van der Waals surface area (Å²) in [5, 5.41) is 9.82.